The lowest BCUT2D eigenvalue weighted by atomic mass is 10.1. The van der Waals surface area contributed by atoms with E-state index in [4.69, 9.17) is 4.74 Å². The predicted octanol–water partition coefficient (Wildman–Crippen LogP) is 3.33. The molecule has 0 radical (unpaired) electrons. The van der Waals surface area contributed by atoms with Crippen molar-refractivity contribution in [2.45, 2.75) is 33.1 Å². The van der Waals surface area contributed by atoms with Gasteiger partial charge in [-0.05, 0) is 33.1 Å². The van der Waals surface area contributed by atoms with E-state index in [1.807, 2.05) is 0 Å². The Morgan fingerprint density at radius 1 is 1.33 bits per heavy atom. The molecule has 0 aliphatic rings. The molecule has 0 fully saturated rings. The van der Waals surface area contributed by atoms with Gasteiger partial charge < -0.3 is 4.74 Å². The van der Waals surface area contributed by atoms with Gasteiger partial charge in [-0.25, -0.2) is 0 Å². The van der Waals surface area contributed by atoms with Crippen molar-refractivity contribution in [2.75, 3.05) is 13.7 Å². The molecule has 0 N–H and O–H groups in total. The Hall–Kier alpha value is -0.560. The van der Waals surface area contributed by atoms with Crippen LogP contribution >= 0.6 is 0 Å². The maximum Gasteiger partial charge on any atom is 0.0646 e. The summed E-state index contributed by atoms with van der Waals surface area (Å²) in [5.74, 6) is 0. The lowest BCUT2D eigenvalue weighted by Crippen LogP contribution is -1.86. The van der Waals surface area contributed by atoms with Gasteiger partial charge in [0.25, 0.3) is 0 Å². The minimum atomic E-state index is 0.735. The van der Waals surface area contributed by atoms with Crippen molar-refractivity contribution in [3.05, 3.63) is 23.8 Å². The van der Waals surface area contributed by atoms with Gasteiger partial charge in [0.1, 0.15) is 0 Å². The van der Waals surface area contributed by atoms with Crippen molar-refractivity contribution in [3.8, 4) is 0 Å². The van der Waals surface area contributed by atoms with Gasteiger partial charge >= 0.3 is 0 Å². The molecule has 0 aliphatic carbocycles. The molecular weight excluding hydrogens is 148 g/mol. The summed E-state index contributed by atoms with van der Waals surface area (Å²) >= 11 is 0. The monoisotopic (exact) mass is 168 g/mol. The average Bonchev–Trinajstić information content (AvgIpc) is 2.00. The van der Waals surface area contributed by atoms with Crippen molar-refractivity contribution in [2.24, 2.45) is 0 Å². The second-order valence-electron chi connectivity index (χ2n) is 3.32. The molecule has 0 amide bonds. The van der Waals surface area contributed by atoms with Gasteiger partial charge in [0, 0.05) is 7.11 Å². The van der Waals surface area contributed by atoms with Gasteiger partial charge in [-0.15, -0.1) is 6.58 Å². The van der Waals surface area contributed by atoms with E-state index in [1.165, 1.54) is 17.6 Å². The molecule has 0 aromatic heterocycles. The molecule has 1 nitrogen and oxygen atoms in total. The molecule has 0 aromatic rings. The summed E-state index contributed by atoms with van der Waals surface area (Å²) in [6, 6.07) is 0. The lowest BCUT2D eigenvalue weighted by Gasteiger charge is -2.01. The summed E-state index contributed by atoms with van der Waals surface area (Å²) in [6.45, 7) is 8.83. The molecule has 0 heterocycles. The van der Waals surface area contributed by atoms with E-state index < -0.39 is 0 Å². The predicted molar refractivity (Wildman–Crippen MR) is 54.3 cm³/mol. The zero-order valence-electron chi connectivity index (χ0n) is 8.52. The molecule has 0 unspecified atom stereocenters. The van der Waals surface area contributed by atoms with E-state index >= 15 is 0 Å². The van der Waals surface area contributed by atoms with E-state index in [2.05, 4.69) is 26.5 Å². The van der Waals surface area contributed by atoms with Gasteiger partial charge in [-0.3, -0.25) is 0 Å². The Balaban J connectivity index is 3.42. The molecule has 0 saturated heterocycles. The molecule has 0 aliphatic heterocycles. The van der Waals surface area contributed by atoms with E-state index in [-0.39, 0.29) is 0 Å². The minimum absolute atomic E-state index is 0.735. The van der Waals surface area contributed by atoms with Crippen LogP contribution in [-0.2, 0) is 4.74 Å². The Bertz CT molecular complexity index is 156. The zero-order chi connectivity index (χ0) is 9.40. The highest BCUT2D eigenvalue weighted by atomic mass is 16.5. The van der Waals surface area contributed by atoms with Crippen LogP contribution in [-0.4, -0.2) is 13.7 Å². The number of rotatable bonds is 6. The molecule has 12 heavy (non-hydrogen) atoms. The summed E-state index contributed by atoms with van der Waals surface area (Å²) < 4.78 is 4.95. The normalized spacial score (nSPS) is 11.8. The fraction of sp³-hybridized carbons (Fsp3) is 0.636. The van der Waals surface area contributed by atoms with Crippen LogP contribution in [0.25, 0.3) is 0 Å². The van der Waals surface area contributed by atoms with Crippen molar-refractivity contribution < 1.29 is 4.74 Å². The van der Waals surface area contributed by atoms with E-state index in [0.717, 1.165) is 19.4 Å². The standard InChI is InChI=1S/C11H20O/c1-10(2)6-5-7-11(3)8-9-12-4/h8H,1,5-7,9H2,2-4H3/b11-8+. The second kappa shape index (κ2) is 7.11. The summed E-state index contributed by atoms with van der Waals surface area (Å²) in [5.41, 5.74) is 2.69. The van der Waals surface area contributed by atoms with Crippen LogP contribution in [0.2, 0.25) is 0 Å². The third kappa shape index (κ3) is 7.55. The van der Waals surface area contributed by atoms with Crippen LogP contribution in [0.1, 0.15) is 33.1 Å². The van der Waals surface area contributed by atoms with Gasteiger partial charge in [0.15, 0.2) is 0 Å². The van der Waals surface area contributed by atoms with Crippen LogP contribution in [0.15, 0.2) is 23.8 Å². The first kappa shape index (κ1) is 11.4. The van der Waals surface area contributed by atoms with Crippen LogP contribution < -0.4 is 0 Å². The minimum Gasteiger partial charge on any atom is -0.381 e. The smallest absolute Gasteiger partial charge is 0.0646 e. The molecule has 70 valence electrons. The summed E-state index contributed by atoms with van der Waals surface area (Å²) in [6.07, 6.45) is 5.65. The average molecular weight is 168 g/mol. The third-order valence-electron chi connectivity index (χ3n) is 1.77. The third-order valence-corrected chi connectivity index (χ3v) is 1.77. The fourth-order valence-electron chi connectivity index (χ4n) is 0.997. The van der Waals surface area contributed by atoms with Gasteiger partial charge in [0.2, 0.25) is 0 Å². The Morgan fingerprint density at radius 3 is 2.50 bits per heavy atom. The van der Waals surface area contributed by atoms with Crippen molar-refractivity contribution >= 4 is 0 Å². The summed E-state index contributed by atoms with van der Waals surface area (Å²) in [4.78, 5) is 0. The fourth-order valence-corrected chi connectivity index (χ4v) is 0.997. The number of hydrogen-bond acceptors (Lipinski definition) is 1. The van der Waals surface area contributed by atoms with Crippen LogP contribution in [0.3, 0.4) is 0 Å². The molecule has 0 rings (SSSR count). The number of methoxy groups -OCH3 is 1. The first-order valence-electron chi connectivity index (χ1n) is 4.45. The zero-order valence-corrected chi connectivity index (χ0v) is 8.52. The van der Waals surface area contributed by atoms with Gasteiger partial charge in [0.05, 0.1) is 6.61 Å². The topological polar surface area (TPSA) is 9.23 Å². The molecule has 0 saturated carbocycles. The SMILES string of the molecule is C=C(C)CCC/C(C)=C/COC. The number of allylic oxidation sites excluding steroid dienone is 2. The largest absolute Gasteiger partial charge is 0.381 e. The lowest BCUT2D eigenvalue weighted by molar-refractivity contribution is 0.233. The van der Waals surface area contributed by atoms with Gasteiger partial charge in [-0.2, -0.15) is 0 Å². The molecule has 0 aromatic carbocycles. The highest BCUT2D eigenvalue weighted by molar-refractivity contribution is 4.99. The quantitative estimate of drug-likeness (QED) is 0.553. The Morgan fingerprint density at radius 2 is 2.00 bits per heavy atom. The van der Waals surface area contributed by atoms with E-state index in [9.17, 15) is 0 Å². The highest BCUT2D eigenvalue weighted by Gasteiger charge is 1.91. The van der Waals surface area contributed by atoms with Crippen molar-refractivity contribution in [1.82, 2.24) is 0 Å². The first-order chi connectivity index (χ1) is 5.66. The molecule has 0 bridgehead atoms. The molecule has 0 spiro atoms. The Labute approximate surface area is 76.1 Å². The molecule has 1 heteroatoms. The number of ether oxygens (including phenoxy) is 1. The maximum atomic E-state index is 4.95. The molecule has 0 atom stereocenters. The number of hydrogen-bond donors (Lipinski definition) is 0. The highest BCUT2D eigenvalue weighted by Crippen LogP contribution is 2.09. The van der Waals surface area contributed by atoms with Crippen LogP contribution in [0.5, 0.6) is 0 Å². The first-order valence-corrected chi connectivity index (χ1v) is 4.45. The maximum absolute atomic E-state index is 4.95. The summed E-state index contributed by atoms with van der Waals surface area (Å²) in [5, 5.41) is 0. The molecular formula is C11H20O. The van der Waals surface area contributed by atoms with Crippen LogP contribution in [0, 0.1) is 0 Å². The van der Waals surface area contributed by atoms with Crippen LogP contribution in [0.4, 0.5) is 0 Å². The van der Waals surface area contributed by atoms with E-state index in [1.54, 1.807) is 7.11 Å². The van der Waals surface area contributed by atoms with Crippen molar-refractivity contribution in [1.29, 1.82) is 0 Å². The summed E-state index contributed by atoms with van der Waals surface area (Å²) in [7, 11) is 1.72. The second-order valence-corrected chi connectivity index (χ2v) is 3.32. The van der Waals surface area contributed by atoms with Gasteiger partial charge in [-0.1, -0.05) is 17.2 Å². The van der Waals surface area contributed by atoms with Crippen molar-refractivity contribution in [3.63, 3.8) is 0 Å². The Kier molecular flexibility index (Phi) is 6.78. The van der Waals surface area contributed by atoms with E-state index in [0.29, 0.717) is 0 Å².